The van der Waals surface area contributed by atoms with Crippen LogP contribution in [0.4, 0.5) is 11.9 Å². The average molecular weight is 370 g/mol. The molecule has 0 spiro atoms. The minimum absolute atomic E-state index is 0.170. The van der Waals surface area contributed by atoms with Crippen LogP contribution in [0.2, 0.25) is 0 Å². The van der Waals surface area contributed by atoms with Crippen molar-refractivity contribution in [3.05, 3.63) is 0 Å². The quantitative estimate of drug-likeness (QED) is 0.282. The molecule has 10 heteroatoms. The SMILES string of the molecule is Nc1nc(N)nc(SCC(CSCCS)SCCS)n1. The summed E-state index contributed by atoms with van der Waals surface area (Å²) in [5, 5.41) is 1.11. The van der Waals surface area contributed by atoms with Gasteiger partial charge < -0.3 is 11.5 Å². The number of thiol groups is 2. The number of hydrogen-bond acceptors (Lipinski definition) is 10. The molecule has 0 saturated carbocycles. The molecule has 0 fully saturated rings. The van der Waals surface area contributed by atoms with E-state index in [1.807, 2.05) is 23.5 Å². The molecule has 1 aromatic rings. The number of nitrogens with two attached hydrogens (primary N) is 2. The molecule has 1 rings (SSSR count). The number of thioether (sulfide) groups is 3. The summed E-state index contributed by atoms with van der Waals surface area (Å²) in [5.41, 5.74) is 11.1. The first-order chi connectivity index (χ1) is 9.65. The van der Waals surface area contributed by atoms with E-state index in [0.29, 0.717) is 10.4 Å². The van der Waals surface area contributed by atoms with Gasteiger partial charge in [-0.3, -0.25) is 0 Å². The third-order valence-corrected chi connectivity index (χ3v) is 6.89. The van der Waals surface area contributed by atoms with Gasteiger partial charge in [-0.2, -0.15) is 63.7 Å². The van der Waals surface area contributed by atoms with Crippen LogP contribution in [0.25, 0.3) is 0 Å². The zero-order valence-electron chi connectivity index (χ0n) is 10.9. The van der Waals surface area contributed by atoms with Crippen LogP contribution < -0.4 is 11.5 Å². The monoisotopic (exact) mass is 369 g/mol. The van der Waals surface area contributed by atoms with E-state index < -0.39 is 0 Å². The number of anilines is 2. The number of nitrogen functional groups attached to an aromatic ring is 2. The lowest BCUT2D eigenvalue weighted by Gasteiger charge is -2.14. The van der Waals surface area contributed by atoms with Gasteiger partial charge in [-0.15, -0.1) is 0 Å². The third kappa shape index (κ3) is 7.96. The summed E-state index contributed by atoms with van der Waals surface area (Å²) in [6.07, 6.45) is 0. The van der Waals surface area contributed by atoms with E-state index in [9.17, 15) is 0 Å². The second-order valence-electron chi connectivity index (χ2n) is 3.66. The fraction of sp³-hybridized carbons (Fsp3) is 0.700. The van der Waals surface area contributed by atoms with E-state index >= 15 is 0 Å². The van der Waals surface area contributed by atoms with Crippen LogP contribution in [0.5, 0.6) is 0 Å². The predicted octanol–water partition coefficient (Wildman–Crippen LogP) is 1.82. The minimum Gasteiger partial charge on any atom is -0.368 e. The summed E-state index contributed by atoms with van der Waals surface area (Å²) in [7, 11) is 0. The van der Waals surface area contributed by atoms with Gasteiger partial charge >= 0.3 is 0 Å². The molecular weight excluding hydrogens is 350 g/mol. The molecule has 114 valence electrons. The molecule has 0 aliphatic carbocycles. The summed E-state index contributed by atoms with van der Waals surface area (Å²) in [6, 6.07) is 0. The van der Waals surface area contributed by atoms with Crippen LogP contribution in [0.3, 0.4) is 0 Å². The van der Waals surface area contributed by atoms with E-state index in [-0.39, 0.29) is 11.9 Å². The van der Waals surface area contributed by atoms with Gasteiger partial charge in [0.1, 0.15) is 0 Å². The molecule has 0 aromatic carbocycles. The van der Waals surface area contributed by atoms with E-state index in [1.54, 1.807) is 11.8 Å². The van der Waals surface area contributed by atoms with Crippen molar-refractivity contribution in [1.82, 2.24) is 15.0 Å². The topological polar surface area (TPSA) is 90.7 Å². The fourth-order valence-corrected chi connectivity index (χ4v) is 5.26. The highest BCUT2D eigenvalue weighted by atomic mass is 32.2. The first-order valence-electron chi connectivity index (χ1n) is 5.96. The van der Waals surface area contributed by atoms with Crippen molar-refractivity contribution >= 4 is 72.4 Å². The van der Waals surface area contributed by atoms with Gasteiger partial charge in [-0.25, -0.2) is 0 Å². The van der Waals surface area contributed by atoms with Crippen molar-refractivity contribution in [3.8, 4) is 0 Å². The van der Waals surface area contributed by atoms with Gasteiger partial charge in [0.15, 0.2) is 5.16 Å². The van der Waals surface area contributed by atoms with Crippen molar-refractivity contribution in [2.75, 3.05) is 46.0 Å². The number of nitrogens with zero attached hydrogens (tertiary/aromatic N) is 3. The highest BCUT2D eigenvalue weighted by Gasteiger charge is 2.12. The lowest BCUT2D eigenvalue weighted by Crippen LogP contribution is -2.13. The van der Waals surface area contributed by atoms with Gasteiger partial charge in [0.05, 0.1) is 0 Å². The first-order valence-corrected chi connectivity index (χ1v) is 10.4. The van der Waals surface area contributed by atoms with Crippen molar-refractivity contribution in [3.63, 3.8) is 0 Å². The van der Waals surface area contributed by atoms with Gasteiger partial charge in [0, 0.05) is 28.3 Å². The summed E-state index contributed by atoms with van der Waals surface area (Å²) in [4.78, 5) is 11.9. The molecule has 1 atom stereocenters. The summed E-state index contributed by atoms with van der Waals surface area (Å²) < 4.78 is 0. The van der Waals surface area contributed by atoms with Crippen LogP contribution >= 0.6 is 60.5 Å². The molecule has 5 nitrogen and oxygen atoms in total. The van der Waals surface area contributed by atoms with E-state index in [4.69, 9.17) is 11.5 Å². The zero-order chi connectivity index (χ0) is 14.8. The molecule has 1 unspecified atom stereocenters. The van der Waals surface area contributed by atoms with Crippen LogP contribution in [0.1, 0.15) is 0 Å². The largest absolute Gasteiger partial charge is 0.368 e. The Labute approximate surface area is 143 Å². The lowest BCUT2D eigenvalue weighted by molar-refractivity contribution is 0.927. The minimum atomic E-state index is 0.170. The highest BCUT2D eigenvalue weighted by Crippen LogP contribution is 2.24. The number of aromatic nitrogens is 3. The molecule has 4 N–H and O–H groups in total. The Kier molecular flexibility index (Phi) is 10.1. The molecule has 0 saturated heterocycles. The van der Waals surface area contributed by atoms with Gasteiger partial charge in [0.25, 0.3) is 0 Å². The smallest absolute Gasteiger partial charge is 0.225 e. The Hall–Kier alpha value is 0.360. The van der Waals surface area contributed by atoms with E-state index in [0.717, 1.165) is 34.5 Å². The second kappa shape index (κ2) is 11.0. The van der Waals surface area contributed by atoms with Crippen LogP contribution in [-0.2, 0) is 0 Å². The predicted molar refractivity (Wildman–Crippen MR) is 101 cm³/mol. The zero-order valence-corrected chi connectivity index (χ0v) is 15.2. The Morgan fingerprint density at radius 2 is 1.60 bits per heavy atom. The maximum Gasteiger partial charge on any atom is 0.225 e. The maximum absolute atomic E-state index is 5.56. The van der Waals surface area contributed by atoms with Crippen LogP contribution in [-0.4, -0.2) is 54.7 Å². The van der Waals surface area contributed by atoms with E-state index in [2.05, 4.69) is 40.2 Å². The lowest BCUT2D eigenvalue weighted by atomic mass is 10.5. The third-order valence-electron chi connectivity index (χ3n) is 2.03. The standard InChI is InChI=1S/C10H19N5S5/c11-8-13-9(12)15-10(14-8)20-6-7(19-4-2-17)5-18-3-1-16/h7,16-17H,1-6H2,(H4,11,12,13,14,15). The van der Waals surface area contributed by atoms with Gasteiger partial charge in [-0.05, 0) is 11.5 Å². The van der Waals surface area contributed by atoms with Crippen molar-refractivity contribution in [1.29, 1.82) is 0 Å². The fourth-order valence-electron chi connectivity index (χ4n) is 1.26. The Balaban J connectivity index is 2.46. The van der Waals surface area contributed by atoms with E-state index in [1.165, 1.54) is 0 Å². The molecule has 0 radical (unpaired) electrons. The highest BCUT2D eigenvalue weighted by molar-refractivity contribution is 8.05. The van der Waals surface area contributed by atoms with Crippen molar-refractivity contribution in [2.24, 2.45) is 0 Å². The van der Waals surface area contributed by atoms with Crippen LogP contribution in [0, 0.1) is 0 Å². The van der Waals surface area contributed by atoms with Crippen LogP contribution in [0.15, 0.2) is 5.16 Å². The first kappa shape index (κ1) is 18.4. The Morgan fingerprint density at radius 3 is 2.20 bits per heavy atom. The number of hydrogen-bond donors (Lipinski definition) is 4. The molecule has 0 amide bonds. The molecule has 0 aliphatic rings. The number of rotatable bonds is 10. The molecule has 1 heterocycles. The molecule has 20 heavy (non-hydrogen) atoms. The second-order valence-corrected chi connectivity index (χ2v) is 8.10. The Morgan fingerprint density at radius 1 is 0.950 bits per heavy atom. The molecular formula is C10H19N5S5. The van der Waals surface area contributed by atoms with Crippen molar-refractivity contribution < 1.29 is 0 Å². The summed E-state index contributed by atoms with van der Waals surface area (Å²) in [6.45, 7) is 0. The van der Waals surface area contributed by atoms with Gasteiger partial charge in [-0.1, -0.05) is 11.8 Å². The molecule has 0 aliphatic heterocycles. The normalized spacial score (nSPS) is 12.5. The molecule has 1 aromatic heterocycles. The van der Waals surface area contributed by atoms with Gasteiger partial charge in [0.2, 0.25) is 11.9 Å². The Bertz CT molecular complexity index is 374. The van der Waals surface area contributed by atoms with Crippen molar-refractivity contribution in [2.45, 2.75) is 10.4 Å². The average Bonchev–Trinajstić information content (AvgIpc) is 2.40. The summed E-state index contributed by atoms with van der Waals surface area (Å²) >= 11 is 13.9. The molecule has 0 bridgehead atoms. The maximum atomic E-state index is 5.56. The summed E-state index contributed by atoms with van der Waals surface area (Å²) in [5.74, 6) is 6.24.